The van der Waals surface area contributed by atoms with Crippen molar-refractivity contribution in [1.82, 2.24) is 4.90 Å². The lowest BCUT2D eigenvalue weighted by Gasteiger charge is -2.15. The summed E-state index contributed by atoms with van der Waals surface area (Å²) in [6, 6.07) is 17.4. The number of carbonyl (C=O) groups excluding carboxylic acids is 1. The molecule has 0 aromatic heterocycles. The van der Waals surface area contributed by atoms with Crippen LogP contribution in [0.2, 0.25) is 0 Å². The zero-order valence-electron chi connectivity index (χ0n) is 16.2. The molecule has 1 saturated heterocycles. The third-order valence-corrected chi connectivity index (χ3v) is 5.57. The molecule has 0 spiro atoms. The lowest BCUT2D eigenvalue weighted by Crippen LogP contribution is -2.27. The second kappa shape index (κ2) is 10.3. The van der Waals surface area contributed by atoms with E-state index < -0.39 is 0 Å². The number of ether oxygens (including phenoxy) is 2. The van der Waals surface area contributed by atoms with Gasteiger partial charge in [0.15, 0.2) is 0 Å². The number of benzene rings is 2. The van der Waals surface area contributed by atoms with Crippen LogP contribution in [0.15, 0.2) is 72.2 Å². The van der Waals surface area contributed by atoms with E-state index in [4.69, 9.17) is 21.7 Å². The van der Waals surface area contributed by atoms with E-state index in [0.29, 0.717) is 29.0 Å². The number of amides is 1. The van der Waals surface area contributed by atoms with Crippen LogP contribution in [0.25, 0.3) is 6.08 Å². The molecule has 0 saturated carbocycles. The molecule has 1 fully saturated rings. The third kappa shape index (κ3) is 5.71. The summed E-state index contributed by atoms with van der Waals surface area (Å²) in [4.78, 5) is 14.7. The smallest absolute Gasteiger partial charge is 0.266 e. The molecule has 1 aliphatic rings. The maximum Gasteiger partial charge on any atom is 0.266 e. The van der Waals surface area contributed by atoms with Gasteiger partial charge in [0.25, 0.3) is 5.91 Å². The maximum atomic E-state index is 12.6. The van der Waals surface area contributed by atoms with Gasteiger partial charge in [0.2, 0.25) is 0 Å². The zero-order valence-corrected chi connectivity index (χ0v) is 17.9. The van der Waals surface area contributed by atoms with Crippen LogP contribution in [0.5, 0.6) is 11.5 Å². The first kappa shape index (κ1) is 21.1. The molecule has 0 radical (unpaired) electrons. The van der Waals surface area contributed by atoms with E-state index in [0.717, 1.165) is 17.1 Å². The zero-order chi connectivity index (χ0) is 20.6. The number of thiocarbonyl (C=S) groups is 1. The van der Waals surface area contributed by atoms with Crippen LogP contribution in [0, 0.1) is 5.92 Å². The molecule has 0 aliphatic carbocycles. The summed E-state index contributed by atoms with van der Waals surface area (Å²) in [5.41, 5.74) is 0.850. The first-order chi connectivity index (χ1) is 14.1. The summed E-state index contributed by atoms with van der Waals surface area (Å²) in [6.07, 6.45) is 3.51. The van der Waals surface area contributed by atoms with Gasteiger partial charge in [-0.3, -0.25) is 9.69 Å². The fourth-order valence-corrected chi connectivity index (χ4v) is 3.96. The van der Waals surface area contributed by atoms with Crippen molar-refractivity contribution in [2.24, 2.45) is 5.92 Å². The van der Waals surface area contributed by atoms with Gasteiger partial charge in [-0.25, -0.2) is 0 Å². The van der Waals surface area contributed by atoms with Gasteiger partial charge in [-0.2, -0.15) is 0 Å². The second-order valence-electron chi connectivity index (χ2n) is 6.66. The molecule has 2 aromatic rings. The Morgan fingerprint density at radius 3 is 2.55 bits per heavy atom. The minimum atomic E-state index is -0.0978. The topological polar surface area (TPSA) is 38.8 Å². The average molecular weight is 426 g/mol. The van der Waals surface area contributed by atoms with E-state index >= 15 is 0 Å². The van der Waals surface area contributed by atoms with E-state index in [-0.39, 0.29) is 11.8 Å². The van der Waals surface area contributed by atoms with Crippen LogP contribution in [-0.4, -0.2) is 34.9 Å². The highest BCUT2D eigenvalue weighted by Crippen LogP contribution is 2.34. The molecule has 1 heterocycles. The number of hydrogen-bond acceptors (Lipinski definition) is 5. The normalized spacial score (nSPS) is 16.2. The highest BCUT2D eigenvalue weighted by molar-refractivity contribution is 8.26. The Morgan fingerprint density at radius 1 is 1.10 bits per heavy atom. The van der Waals surface area contributed by atoms with Crippen LogP contribution in [0.4, 0.5) is 0 Å². The lowest BCUT2D eigenvalue weighted by molar-refractivity contribution is -0.121. The maximum absolute atomic E-state index is 12.6. The molecular weight excluding hydrogens is 402 g/mol. The van der Waals surface area contributed by atoms with E-state index in [1.54, 1.807) is 11.0 Å². The fraction of sp³-hybridized carbons (Fsp3) is 0.217. The summed E-state index contributed by atoms with van der Waals surface area (Å²) >= 11 is 6.60. The van der Waals surface area contributed by atoms with Gasteiger partial charge >= 0.3 is 0 Å². The van der Waals surface area contributed by atoms with Crippen molar-refractivity contribution >= 4 is 40.3 Å². The Kier molecular flexibility index (Phi) is 7.49. The number of thioether (sulfide) groups is 1. The average Bonchev–Trinajstić information content (AvgIpc) is 3.00. The van der Waals surface area contributed by atoms with E-state index in [1.165, 1.54) is 11.8 Å². The number of para-hydroxylation sites is 2. The van der Waals surface area contributed by atoms with Crippen molar-refractivity contribution in [3.63, 3.8) is 0 Å². The molecule has 6 heteroatoms. The van der Waals surface area contributed by atoms with Gasteiger partial charge in [-0.15, -0.1) is 6.58 Å². The number of rotatable bonds is 9. The molecule has 2 aromatic carbocycles. The van der Waals surface area contributed by atoms with Gasteiger partial charge < -0.3 is 9.47 Å². The number of nitrogens with zero attached hydrogens (tertiary/aromatic N) is 1. The minimum Gasteiger partial charge on any atom is -0.493 e. The SMILES string of the molecule is C=CCN1C(=O)/C(=C/c2ccccc2OC[C@@H](C)COc2ccccc2)SC1=S. The number of carbonyl (C=O) groups is 1. The van der Waals surface area contributed by atoms with Gasteiger partial charge in [-0.1, -0.05) is 73.4 Å². The van der Waals surface area contributed by atoms with Crippen LogP contribution in [0.3, 0.4) is 0 Å². The highest BCUT2D eigenvalue weighted by atomic mass is 32.2. The van der Waals surface area contributed by atoms with Gasteiger partial charge in [0.05, 0.1) is 18.1 Å². The standard InChI is InChI=1S/C23H23NO3S2/c1-3-13-24-22(25)21(29-23(24)28)14-18-9-7-8-12-20(18)27-16-17(2)15-26-19-10-5-4-6-11-19/h3-12,14,17H,1,13,15-16H2,2H3/b21-14-/t17-/m0/s1. The summed E-state index contributed by atoms with van der Waals surface area (Å²) in [5.74, 6) is 1.68. The van der Waals surface area contributed by atoms with Crippen molar-refractivity contribution < 1.29 is 14.3 Å². The Balaban J connectivity index is 1.62. The second-order valence-corrected chi connectivity index (χ2v) is 8.33. The van der Waals surface area contributed by atoms with Crippen molar-refractivity contribution in [1.29, 1.82) is 0 Å². The molecule has 0 N–H and O–H groups in total. The molecule has 3 rings (SSSR count). The molecule has 1 atom stereocenters. The fourth-order valence-electron chi connectivity index (χ4n) is 2.69. The van der Waals surface area contributed by atoms with Gasteiger partial charge in [0.1, 0.15) is 15.8 Å². The summed E-state index contributed by atoms with van der Waals surface area (Å²) in [7, 11) is 0. The van der Waals surface area contributed by atoms with Crippen molar-refractivity contribution in [3.8, 4) is 11.5 Å². The van der Waals surface area contributed by atoms with Gasteiger partial charge in [-0.05, 0) is 24.3 Å². The van der Waals surface area contributed by atoms with Crippen molar-refractivity contribution in [2.45, 2.75) is 6.92 Å². The molecule has 4 nitrogen and oxygen atoms in total. The monoisotopic (exact) mass is 425 g/mol. The summed E-state index contributed by atoms with van der Waals surface area (Å²) in [6.45, 7) is 7.24. The van der Waals surface area contributed by atoms with E-state index in [2.05, 4.69) is 13.5 Å². The predicted octanol–water partition coefficient (Wildman–Crippen LogP) is 5.17. The van der Waals surface area contributed by atoms with Crippen LogP contribution in [-0.2, 0) is 4.79 Å². The quantitative estimate of drug-likeness (QED) is 0.315. The Labute approximate surface area is 181 Å². The molecule has 150 valence electrons. The first-order valence-corrected chi connectivity index (χ1v) is 10.6. The van der Waals surface area contributed by atoms with Crippen molar-refractivity contribution in [3.05, 3.63) is 77.7 Å². The van der Waals surface area contributed by atoms with Crippen molar-refractivity contribution in [2.75, 3.05) is 19.8 Å². The predicted molar refractivity (Wildman–Crippen MR) is 123 cm³/mol. The van der Waals surface area contributed by atoms with Gasteiger partial charge in [0, 0.05) is 18.0 Å². The van der Waals surface area contributed by atoms with E-state index in [1.807, 2.05) is 60.7 Å². The summed E-state index contributed by atoms with van der Waals surface area (Å²) < 4.78 is 12.4. The molecule has 0 unspecified atom stereocenters. The molecule has 1 amide bonds. The third-order valence-electron chi connectivity index (χ3n) is 4.19. The largest absolute Gasteiger partial charge is 0.493 e. The summed E-state index contributed by atoms with van der Waals surface area (Å²) in [5, 5.41) is 0. The Bertz CT molecular complexity index is 911. The Morgan fingerprint density at radius 2 is 1.79 bits per heavy atom. The number of hydrogen-bond donors (Lipinski definition) is 0. The molecule has 1 aliphatic heterocycles. The Hall–Kier alpha value is -2.57. The highest BCUT2D eigenvalue weighted by Gasteiger charge is 2.31. The molecular formula is C23H23NO3S2. The molecule has 0 bridgehead atoms. The van der Waals surface area contributed by atoms with Crippen LogP contribution >= 0.6 is 24.0 Å². The van der Waals surface area contributed by atoms with E-state index in [9.17, 15) is 4.79 Å². The van der Waals surface area contributed by atoms with Crippen LogP contribution in [0.1, 0.15) is 12.5 Å². The molecule has 29 heavy (non-hydrogen) atoms. The minimum absolute atomic E-state index is 0.0978. The van der Waals surface area contributed by atoms with Crippen LogP contribution < -0.4 is 9.47 Å². The first-order valence-electron chi connectivity index (χ1n) is 9.34. The lowest BCUT2D eigenvalue weighted by atomic mass is 10.1.